The molecule has 0 amide bonds. The maximum absolute atomic E-state index is 9.23. The Hall–Kier alpha value is -2.53. The van der Waals surface area contributed by atoms with Gasteiger partial charge < -0.3 is 20.9 Å². The first-order valence-corrected chi connectivity index (χ1v) is 6.60. The summed E-state index contributed by atoms with van der Waals surface area (Å²) < 4.78 is 5.15. The summed E-state index contributed by atoms with van der Waals surface area (Å²) in [5.41, 5.74) is 8.77. The molecule has 5 heteroatoms. The zero-order valence-corrected chi connectivity index (χ0v) is 11.9. The summed E-state index contributed by atoms with van der Waals surface area (Å²) in [6.45, 7) is 0.958. The Labute approximate surface area is 124 Å². The van der Waals surface area contributed by atoms with Crippen LogP contribution in [0.3, 0.4) is 0 Å². The minimum atomic E-state index is 0.238. The highest BCUT2D eigenvalue weighted by Gasteiger charge is 2.02. The first-order valence-electron chi connectivity index (χ1n) is 6.60. The van der Waals surface area contributed by atoms with Crippen LogP contribution in [-0.4, -0.2) is 18.2 Å². The molecule has 0 spiro atoms. The molecule has 0 bridgehead atoms. The van der Waals surface area contributed by atoms with E-state index in [0.717, 1.165) is 16.8 Å². The molecule has 0 saturated heterocycles. The van der Waals surface area contributed by atoms with Gasteiger partial charge >= 0.3 is 0 Å². The minimum absolute atomic E-state index is 0.238. The standard InChI is InChI=1S/C16H19N3O2/c1-21-11-13-4-2-3-5-15(13)19-16(17)18-10-12-6-8-14(20)9-7-12/h2-9,20H,10-11H2,1H3,(H3,17,18,19). The fourth-order valence-electron chi connectivity index (χ4n) is 1.88. The smallest absolute Gasteiger partial charge is 0.193 e. The Kier molecular flexibility index (Phi) is 5.17. The van der Waals surface area contributed by atoms with Gasteiger partial charge in [-0.25, -0.2) is 4.99 Å². The van der Waals surface area contributed by atoms with E-state index >= 15 is 0 Å². The molecule has 0 aromatic heterocycles. The van der Waals surface area contributed by atoms with E-state index in [2.05, 4.69) is 10.3 Å². The van der Waals surface area contributed by atoms with Crippen LogP contribution in [0.2, 0.25) is 0 Å². The molecule has 2 aromatic carbocycles. The van der Waals surface area contributed by atoms with Crippen LogP contribution in [0.1, 0.15) is 11.1 Å². The third kappa shape index (κ3) is 4.50. The number of aromatic hydroxyl groups is 1. The maximum Gasteiger partial charge on any atom is 0.193 e. The van der Waals surface area contributed by atoms with Crippen molar-refractivity contribution >= 4 is 11.6 Å². The van der Waals surface area contributed by atoms with Gasteiger partial charge in [0, 0.05) is 18.4 Å². The molecular weight excluding hydrogens is 266 g/mol. The van der Waals surface area contributed by atoms with Crippen LogP contribution in [0.5, 0.6) is 5.75 Å². The molecular formula is C16H19N3O2. The monoisotopic (exact) mass is 285 g/mol. The van der Waals surface area contributed by atoms with Crippen molar-refractivity contribution < 1.29 is 9.84 Å². The summed E-state index contributed by atoms with van der Waals surface area (Å²) in [7, 11) is 1.65. The molecule has 2 rings (SSSR count). The number of hydrogen-bond acceptors (Lipinski definition) is 3. The van der Waals surface area contributed by atoms with Crippen LogP contribution in [0.25, 0.3) is 0 Å². The van der Waals surface area contributed by atoms with Gasteiger partial charge in [0.2, 0.25) is 0 Å². The van der Waals surface area contributed by atoms with Crippen LogP contribution in [0, 0.1) is 0 Å². The summed E-state index contributed by atoms with van der Waals surface area (Å²) in [4.78, 5) is 4.28. The Morgan fingerprint density at radius 1 is 1.19 bits per heavy atom. The number of phenolic OH excluding ortho intramolecular Hbond substituents is 1. The van der Waals surface area contributed by atoms with Gasteiger partial charge in [-0.05, 0) is 23.8 Å². The van der Waals surface area contributed by atoms with E-state index in [-0.39, 0.29) is 5.75 Å². The predicted octanol–water partition coefficient (Wildman–Crippen LogP) is 2.47. The van der Waals surface area contributed by atoms with Gasteiger partial charge in [-0.15, -0.1) is 0 Å². The molecule has 4 N–H and O–H groups in total. The van der Waals surface area contributed by atoms with Crippen molar-refractivity contribution in [2.75, 3.05) is 12.4 Å². The Balaban J connectivity index is 2.02. The van der Waals surface area contributed by atoms with Crippen molar-refractivity contribution in [1.29, 1.82) is 0 Å². The average Bonchev–Trinajstić information content (AvgIpc) is 2.49. The number of para-hydroxylation sites is 1. The number of anilines is 1. The van der Waals surface area contributed by atoms with E-state index in [0.29, 0.717) is 19.1 Å². The largest absolute Gasteiger partial charge is 0.508 e. The van der Waals surface area contributed by atoms with Crippen molar-refractivity contribution in [2.24, 2.45) is 10.7 Å². The number of phenols is 1. The maximum atomic E-state index is 9.23. The van der Waals surface area contributed by atoms with E-state index in [1.807, 2.05) is 36.4 Å². The van der Waals surface area contributed by atoms with Crippen molar-refractivity contribution in [3.63, 3.8) is 0 Å². The summed E-state index contributed by atoms with van der Waals surface area (Å²) in [6.07, 6.45) is 0. The van der Waals surface area contributed by atoms with Gasteiger partial charge in [0.15, 0.2) is 5.96 Å². The van der Waals surface area contributed by atoms with Crippen molar-refractivity contribution in [1.82, 2.24) is 0 Å². The minimum Gasteiger partial charge on any atom is -0.508 e. The summed E-state index contributed by atoms with van der Waals surface area (Å²) in [5, 5.41) is 12.3. The summed E-state index contributed by atoms with van der Waals surface area (Å²) >= 11 is 0. The molecule has 0 radical (unpaired) electrons. The number of nitrogens with two attached hydrogens (primary N) is 1. The molecule has 0 saturated carbocycles. The molecule has 0 fully saturated rings. The number of guanidine groups is 1. The normalized spacial score (nSPS) is 11.4. The van der Waals surface area contributed by atoms with Gasteiger partial charge in [-0.3, -0.25) is 0 Å². The van der Waals surface area contributed by atoms with Gasteiger partial charge in [0.25, 0.3) is 0 Å². The number of ether oxygens (including phenoxy) is 1. The zero-order valence-electron chi connectivity index (χ0n) is 11.9. The number of hydrogen-bond donors (Lipinski definition) is 3. The number of rotatable bonds is 5. The third-order valence-corrected chi connectivity index (χ3v) is 2.95. The molecule has 5 nitrogen and oxygen atoms in total. The molecule has 0 aliphatic heterocycles. The van der Waals surface area contributed by atoms with E-state index in [4.69, 9.17) is 10.5 Å². The molecule has 21 heavy (non-hydrogen) atoms. The molecule has 0 aliphatic rings. The number of nitrogens with one attached hydrogen (secondary N) is 1. The van der Waals surface area contributed by atoms with E-state index in [9.17, 15) is 5.11 Å². The fraction of sp³-hybridized carbons (Fsp3) is 0.188. The molecule has 0 unspecified atom stereocenters. The lowest BCUT2D eigenvalue weighted by Crippen LogP contribution is -2.23. The van der Waals surface area contributed by atoms with Gasteiger partial charge in [0.05, 0.1) is 13.2 Å². The summed E-state index contributed by atoms with van der Waals surface area (Å²) in [6, 6.07) is 14.6. The number of methoxy groups -OCH3 is 1. The number of aliphatic imine (C=N–C) groups is 1. The third-order valence-electron chi connectivity index (χ3n) is 2.95. The summed E-state index contributed by atoms with van der Waals surface area (Å²) in [5.74, 6) is 0.578. The molecule has 0 heterocycles. The van der Waals surface area contributed by atoms with Crippen LogP contribution in [0.4, 0.5) is 5.69 Å². The highest BCUT2D eigenvalue weighted by Crippen LogP contribution is 2.15. The number of nitrogens with zero attached hydrogens (tertiary/aromatic N) is 1. The average molecular weight is 285 g/mol. The second-order valence-corrected chi connectivity index (χ2v) is 4.58. The Morgan fingerprint density at radius 3 is 2.62 bits per heavy atom. The van der Waals surface area contributed by atoms with E-state index in [1.165, 1.54) is 0 Å². The SMILES string of the molecule is COCc1ccccc1NC(N)=NCc1ccc(O)cc1. The lowest BCUT2D eigenvalue weighted by atomic mass is 10.2. The second-order valence-electron chi connectivity index (χ2n) is 4.58. The van der Waals surface area contributed by atoms with Crippen LogP contribution < -0.4 is 11.1 Å². The highest BCUT2D eigenvalue weighted by atomic mass is 16.5. The van der Waals surface area contributed by atoms with Crippen molar-refractivity contribution in [3.05, 3.63) is 59.7 Å². The number of benzene rings is 2. The van der Waals surface area contributed by atoms with Crippen LogP contribution in [-0.2, 0) is 17.9 Å². The van der Waals surface area contributed by atoms with Gasteiger partial charge in [-0.2, -0.15) is 0 Å². The fourth-order valence-corrected chi connectivity index (χ4v) is 1.88. The van der Waals surface area contributed by atoms with Crippen molar-refractivity contribution in [3.8, 4) is 5.75 Å². The van der Waals surface area contributed by atoms with E-state index < -0.39 is 0 Å². The van der Waals surface area contributed by atoms with Crippen LogP contribution in [0.15, 0.2) is 53.5 Å². The first kappa shape index (κ1) is 14.9. The zero-order chi connectivity index (χ0) is 15.1. The Morgan fingerprint density at radius 2 is 1.90 bits per heavy atom. The predicted molar refractivity (Wildman–Crippen MR) is 84.2 cm³/mol. The van der Waals surface area contributed by atoms with Crippen molar-refractivity contribution in [2.45, 2.75) is 13.2 Å². The first-order chi connectivity index (χ1) is 10.2. The lowest BCUT2D eigenvalue weighted by molar-refractivity contribution is 0.185. The van der Waals surface area contributed by atoms with Crippen LogP contribution >= 0.6 is 0 Å². The topological polar surface area (TPSA) is 79.9 Å². The van der Waals surface area contributed by atoms with Gasteiger partial charge in [-0.1, -0.05) is 30.3 Å². The molecule has 2 aromatic rings. The second kappa shape index (κ2) is 7.31. The molecule has 0 aliphatic carbocycles. The van der Waals surface area contributed by atoms with E-state index in [1.54, 1.807) is 19.2 Å². The molecule has 0 atom stereocenters. The highest BCUT2D eigenvalue weighted by molar-refractivity contribution is 5.92. The molecule has 110 valence electrons. The Bertz CT molecular complexity index is 609. The quantitative estimate of drug-likeness (QED) is 0.582. The van der Waals surface area contributed by atoms with Gasteiger partial charge in [0.1, 0.15) is 5.75 Å². The lowest BCUT2D eigenvalue weighted by Gasteiger charge is -2.10.